The highest BCUT2D eigenvalue weighted by Gasteiger charge is 2.30. The first-order chi connectivity index (χ1) is 20.4. The molecule has 0 amide bonds. The van der Waals surface area contributed by atoms with E-state index in [-0.39, 0.29) is 30.6 Å². The molecule has 1 aromatic heterocycles. The Morgan fingerprint density at radius 2 is 1.71 bits per heavy atom. The lowest BCUT2D eigenvalue weighted by molar-refractivity contribution is 0.0471. The van der Waals surface area contributed by atoms with Crippen LogP contribution in [0.3, 0.4) is 0 Å². The van der Waals surface area contributed by atoms with Crippen LogP contribution >= 0.6 is 27.5 Å². The second-order valence-corrected chi connectivity index (χ2v) is 10.9. The molecule has 3 aromatic rings. The van der Waals surface area contributed by atoms with Crippen LogP contribution in [0.2, 0.25) is 5.15 Å². The molecule has 1 aliphatic heterocycles. The van der Waals surface area contributed by atoms with Crippen molar-refractivity contribution in [2.24, 2.45) is 0 Å². The summed E-state index contributed by atoms with van der Waals surface area (Å²) in [7, 11) is 0. The van der Waals surface area contributed by atoms with Crippen molar-refractivity contribution in [3.05, 3.63) is 111 Å². The van der Waals surface area contributed by atoms with Crippen molar-refractivity contribution in [2.45, 2.75) is 46.3 Å². The molecule has 9 heteroatoms. The molecule has 5 rings (SSSR count). The first-order valence-electron chi connectivity index (χ1n) is 13.8. The van der Waals surface area contributed by atoms with E-state index in [1.54, 1.807) is 25.5 Å². The van der Waals surface area contributed by atoms with Gasteiger partial charge in [-0.25, -0.2) is 14.6 Å². The van der Waals surface area contributed by atoms with Gasteiger partial charge in [0.25, 0.3) is 0 Å². The van der Waals surface area contributed by atoms with Gasteiger partial charge in [0.05, 0.1) is 31.2 Å². The molecule has 0 radical (unpaired) electrons. The highest BCUT2D eigenvalue weighted by Crippen LogP contribution is 2.47. The van der Waals surface area contributed by atoms with Gasteiger partial charge in [-0.05, 0) is 63.7 Å². The number of imidazole rings is 1. The number of carbonyl (C=O) groups excluding carboxylic acids is 2. The summed E-state index contributed by atoms with van der Waals surface area (Å²) in [4.78, 5) is 31.1. The molecule has 0 N–H and O–H groups in total. The SMILES string of the molecule is CCCCc1nc(Cl)c(C(=O)OCC)n1Cc1c2ccocc-2c(Br)c1-c1ccccc1C(=O)OCc1ccccc1. The number of halogens is 2. The number of ether oxygens (including phenoxy) is 2. The number of unbranched alkanes of at least 4 members (excludes halogenated alkanes) is 1. The molecule has 0 unspecified atom stereocenters. The Kier molecular flexibility index (Phi) is 9.45. The van der Waals surface area contributed by atoms with Crippen LogP contribution in [0.25, 0.3) is 22.3 Å². The van der Waals surface area contributed by atoms with Crippen LogP contribution in [-0.4, -0.2) is 28.1 Å². The predicted octanol–water partition coefficient (Wildman–Crippen LogP) is 8.59. The number of fused-ring (bicyclic) bond motifs is 1. The van der Waals surface area contributed by atoms with Crippen molar-refractivity contribution in [2.75, 3.05) is 6.61 Å². The zero-order valence-corrected chi connectivity index (χ0v) is 25.7. The number of rotatable bonds is 11. The maximum Gasteiger partial charge on any atom is 0.358 e. The number of hydrogen-bond acceptors (Lipinski definition) is 6. The molecule has 1 aliphatic carbocycles. The average molecular weight is 650 g/mol. The Morgan fingerprint density at radius 1 is 0.952 bits per heavy atom. The number of esters is 2. The van der Waals surface area contributed by atoms with Crippen molar-refractivity contribution in [3.63, 3.8) is 0 Å². The van der Waals surface area contributed by atoms with Gasteiger partial charge in [-0.2, -0.15) is 0 Å². The van der Waals surface area contributed by atoms with E-state index >= 15 is 0 Å². The Morgan fingerprint density at radius 3 is 2.48 bits per heavy atom. The second-order valence-electron chi connectivity index (χ2n) is 9.74. The van der Waals surface area contributed by atoms with Gasteiger partial charge >= 0.3 is 11.9 Å². The Balaban J connectivity index is 1.63. The minimum atomic E-state index is -0.533. The summed E-state index contributed by atoms with van der Waals surface area (Å²) in [5.74, 6) is -0.282. The monoisotopic (exact) mass is 648 g/mol. The molecule has 0 fully saturated rings. The fourth-order valence-corrected chi connectivity index (χ4v) is 6.08. The molecule has 0 atom stereocenters. The molecule has 0 saturated carbocycles. The second kappa shape index (κ2) is 13.4. The standard InChI is InChI=1S/C33H30BrClN2O5/c1-3-5-15-27-36-31(35)30(33(39)41-4-2)37(27)18-25-22-16-17-40-20-26(22)29(34)28(25)23-13-9-10-14-24(23)32(38)42-19-21-11-7-6-8-12-21/h6-14,16-17,20H,3-5,15,18-19H2,1-2H3. The lowest BCUT2D eigenvalue weighted by Gasteiger charge is -2.16. The molecule has 0 bridgehead atoms. The lowest BCUT2D eigenvalue weighted by atomic mass is 9.97. The topological polar surface area (TPSA) is 83.6 Å². The maximum absolute atomic E-state index is 13.4. The van der Waals surface area contributed by atoms with E-state index in [0.717, 1.165) is 45.1 Å². The van der Waals surface area contributed by atoms with Crippen LogP contribution < -0.4 is 0 Å². The van der Waals surface area contributed by atoms with Gasteiger partial charge in [0, 0.05) is 22.0 Å². The molecular formula is C33H30BrClN2O5. The zero-order valence-electron chi connectivity index (χ0n) is 23.4. The minimum Gasteiger partial charge on any atom is -0.472 e. The summed E-state index contributed by atoms with van der Waals surface area (Å²) < 4.78 is 19.2. The van der Waals surface area contributed by atoms with Gasteiger partial charge in [-0.15, -0.1) is 0 Å². The van der Waals surface area contributed by atoms with Gasteiger partial charge in [-0.1, -0.05) is 73.5 Å². The Bertz CT molecular complexity index is 1680. The van der Waals surface area contributed by atoms with Crippen LogP contribution in [0.4, 0.5) is 0 Å². The molecule has 7 nitrogen and oxygen atoms in total. The van der Waals surface area contributed by atoms with Gasteiger partial charge in [0.1, 0.15) is 12.4 Å². The summed E-state index contributed by atoms with van der Waals surface area (Å²) in [5, 5.41) is 0.107. The Labute approximate surface area is 257 Å². The summed E-state index contributed by atoms with van der Waals surface area (Å²) in [5.41, 5.74) is 5.60. The fraction of sp³-hybridized carbons (Fsp3) is 0.242. The quantitative estimate of drug-likeness (QED) is 0.133. The fourth-order valence-electron chi connectivity index (χ4n) is 5.04. The first-order valence-corrected chi connectivity index (χ1v) is 15.0. The number of nitrogens with zero attached hydrogens (tertiary/aromatic N) is 2. The molecule has 2 heterocycles. The predicted molar refractivity (Wildman–Crippen MR) is 165 cm³/mol. The van der Waals surface area contributed by atoms with E-state index < -0.39 is 11.9 Å². The Hall–Kier alpha value is -3.88. The van der Waals surface area contributed by atoms with Crippen LogP contribution in [0, 0.1) is 0 Å². The first kappa shape index (κ1) is 29.6. The van der Waals surface area contributed by atoms with Crippen LogP contribution in [0.5, 0.6) is 0 Å². The van der Waals surface area contributed by atoms with E-state index in [0.29, 0.717) is 23.4 Å². The number of aromatic nitrogens is 2. The van der Waals surface area contributed by atoms with Crippen molar-refractivity contribution in [3.8, 4) is 22.3 Å². The van der Waals surface area contributed by atoms with E-state index in [1.165, 1.54) is 0 Å². The lowest BCUT2D eigenvalue weighted by Crippen LogP contribution is -2.16. The molecule has 42 heavy (non-hydrogen) atoms. The molecule has 216 valence electrons. The summed E-state index contributed by atoms with van der Waals surface area (Å²) in [6.45, 7) is 4.48. The normalized spacial score (nSPS) is 11.1. The largest absolute Gasteiger partial charge is 0.472 e. The average Bonchev–Trinajstić information content (AvgIpc) is 3.48. The third-order valence-corrected chi connectivity index (χ3v) is 8.13. The van der Waals surface area contributed by atoms with Crippen molar-refractivity contribution < 1.29 is 23.5 Å². The minimum absolute atomic E-state index is 0.107. The third-order valence-electron chi connectivity index (χ3n) is 7.04. The van der Waals surface area contributed by atoms with Crippen LogP contribution in [-0.2, 0) is 29.0 Å². The van der Waals surface area contributed by atoms with E-state index in [2.05, 4.69) is 27.8 Å². The maximum atomic E-state index is 13.4. The highest BCUT2D eigenvalue weighted by molar-refractivity contribution is 9.10. The van der Waals surface area contributed by atoms with Gasteiger partial charge in [-0.3, -0.25) is 0 Å². The molecule has 2 aliphatic rings. The molecule has 0 saturated heterocycles. The van der Waals surface area contributed by atoms with Gasteiger partial charge in [0.15, 0.2) is 10.8 Å². The van der Waals surface area contributed by atoms with Gasteiger partial charge < -0.3 is 18.5 Å². The molecule has 0 spiro atoms. The summed E-state index contributed by atoms with van der Waals surface area (Å²) >= 11 is 10.3. The number of carbonyl (C=O) groups is 2. The van der Waals surface area contributed by atoms with Crippen LogP contribution in [0.15, 0.2) is 82.1 Å². The van der Waals surface area contributed by atoms with Gasteiger partial charge in [0.2, 0.25) is 0 Å². The smallest absolute Gasteiger partial charge is 0.358 e. The van der Waals surface area contributed by atoms with Crippen molar-refractivity contribution >= 4 is 39.5 Å². The van der Waals surface area contributed by atoms with E-state index in [9.17, 15) is 9.59 Å². The highest BCUT2D eigenvalue weighted by atomic mass is 79.9. The summed E-state index contributed by atoms with van der Waals surface area (Å²) in [6, 6.07) is 18.8. The zero-order chi connectivity index (χ0) is 29.6. The number of aryl methyl sites for hydroxylation is 1. The molecular weight excluding hydrogens is 620 g/mol. The van der Waals surface area contributed by atoms with Crippen molar-refractivity contribution in [1.82, 2.24) is 9.55 Å². The third kappa shape index (κ3) is 6.01. The summed E-state index contributed by atoms with van der Waals surface area (Å²) in [6.07, 6.45) is 5.74. The van der Waals surface area contributed by atoms with Crippen molar-refractivity contribution in [1.29, 1.82) is 0 Å². The number of benzene rings is 2. The van der Waals surface area contributed by atoms with E-state index in [1.807, 2.05) is 59.2 Å². The van der Waals surface area contributed by atoms with E-state index in [4.69, 9.17) is 25.5 Å². The van der Waals surface area contributed by atoms with Crippen LogP contribution in [0.1, 0.15) is 64.5 Å². The number of hydrogen-bond donors (Lipinski definition) is 0. The molecule has 2 aromatic carbocycles.